The fourth-order valence-electron chi connectivity index (χ4n) is 1.84. The zero-order valence-corrected chi connectivity index (χ0v) is 12.8. The topological polar surface area (TPSA) is 131 Å². The summed E-state index contributed by atoms with van der Waals surface area (Å²) in [6.45, 7) is 3.45. The van der Waals surface area contributed by atoms with Crippen LogP contribution in [0.2, 0.25) is 0 Å². The lowest BCUT2D eigenvalue weighted by atomic mass is 10.0. The Kier molecular flexibility index (Phi) is 5.34. The summed E-state index contributed by atoms with van der Waals surface area (Å²) in [4.78, 5) is 35.0. The van der Waals surface area contributed by atoms with Crippen LogP contribution in [-0.4, -0.2) is 43.1 Å². The van der Waals surface area contributed by atoms with Crippen molar-refractivity contribution in [1.82, 2.24) is 25.4 Å². The number of carboxylic acids is 1. The zero-order valence-electron chi connectivity index (χ0n) is 12.8. The summed E-state index contributed by atoms with van der Waals surface area (Å²) in [6.07, 6.45) is 3.37. The van der Waals surface area contributed by atoms with Gasteiger partial charge in [0.2, 0.25) is 23.4 Å². The van der Waals surface area contributed by atoms with Gasteiger partial charge < -0.3 is 14.9 Å². The SMILES string of the molecule is CC(C)[C@H](NC(=O)CCc1nc(-c2ncccn2)no1)C(=O)O. The van der Waals surface area contributed by atoms with Crippen molar-refractivity contribution in [2.45, 2.75) is 32.7 Å². The normalized spacial score (nSPS) is 12.1. The molecule has 0 bridgehead atoms. The van der Waals surface area contributed by atoms with Gasteiger partial charge in [0.05, 0.1) is 0 Å². The van der Waals surface area contributed by atoms with Gasteiger partial charge in [0.15, 0.2) is 0 Å². The molecule has 23 heavy (non-hydrogen) atoms. The first kappa shape index (κ1) is 16.5. The number of nitrogens with zero attached hydrogens (tertiary/aromatic N) is 4. The molecule has 0 aliphatic rings. The molecular weight excluding hydrogens is 302 g/mol. The van der Waals surface area contributed by atoms with Crippen LogP contribution in [0.4, 0.5) is 0 Å². The first-order valence-electron chi connectivity index (χ1n) is 7.09. The number of carbonyl (C=O) groups is 2. The third-order valence-corrected chi connectivity index (χ3v) is 3.05. The van der Waals surface area contributed by atoms with Gasteiger partial charge in [0.25, 0.3) is 0 Å². The molecule has 9 heteroatoms. The van der Waals surface area contributed by atoms with Gasteiger partial charge in [0, 0.05) is 25.2 Å². The lowest BCUT2D eigenvalue weighted by Gasteiger charge is -2.17. The molecule has 0 unspecified atom stereocenters. The summed E-state index contributed by atoms with van der Waals surface area (Å²) in [5, 5.41) is 15.3. The molecule has 1 atom stereocenters. The number of amides is 1. The Morgan fingerprint density at radius 1 is 1.26 bits per heavy atom. The smallest absolute Gasteiger partial charge is 0.326 e. The van der Waals surface area contributed by atoms with Gasteiger partial charge in [-0.1, -0.05) is 19.0 Å². The third kappa shape index (κ3) is 4.56. The predicted octanol–water partition coefficient (Wildman–Crippen LogP) is 0.685. The number of hydrogen-bond donors (Lipinski definition) is 2. The molecule has 0 saturated heterocycles. The largest absolute Gasteiger partial charge is 0.480 e. The Hall–Kier alpha value is -2.84. The van der Waals surface area contributed by atoms with Gasteiger partial charge in [-0.25, -0.2) is 14.8 Å². The minimum atomic E-state index is -1.06. The number of nitrogens with one attached hydrogen (secondary N) is 1. The summed E-state index contributed by atoms with van der Waals surface area (Å²) >= 11 is 0. The molecule has 0 radical (unpaired) electrons. The second-order valence-corrected chi connectivity index (χ2v) is 5.21. The van der Waals surface area contributed by atoms with Gasteiger partial charge in [-0.15, -0.1) is 0 Å². The van der Waals surface area contributed by atoms with Crippen molar-refractivity contribution in [2.24, 2.45) is 5.92 Å². The van der Waals surface area contributed by atoms with Gasteiger partial charge in [-0.05, 0) is 12.0 Å². The fraction of sp³-hybridized carbons (Fsp3) is 0.429. The van der Waals surface area contributed by atoms with Crippen LogP contribution < -0.4 is 5.32 Å². The second kappa shape index (κ2) is 7.43. The maximum atomic E-state index is 11.8. The Labute approximate surface area is 132 Å². The summed E-state index contributed by atoms with van der Waals surface area (Å²) in [6, 6.07) is 0.751. The lowest BCUT2D eigenvalue weighted by Crippen LogP contribution is -2.44. The third-order valence-electron chi connectivity index (χ3n) is 3.05. The van der Waals surface area contributed by atoms with E-state index in [1.165, 1.54) is 0 Å². The maximum Gasteiger partial charge on any atom is 0.326 e. The van der Waals surface area contributed by atoms with Crippen LogP contribution in [-0.2, 0) is 16.0 Å². The number of rotatable bonds is 7. The van der Waals surface area contributed by atoms with E-state index in [2.05, 4.69) is 25.4 Å². The first-order valence-corrected chi connectivity index (χ1v) is 7.09. The van der Waals surface area contributed by atoms with Crippen LogP contribution in [0.15, 0.2) is 23.0 Å². The average Bonchev–Trinajstić information content (AvgIpc) is 3.00. The lowest BCUT2D eigenvalue weighted by molar-refractivity contribution is -0.143. The Morgan fingerprint density at radius 2 is 1.96 bits per heavy atom. The summed E-state index contributed by atoms with van der Waals surface area (Å²) in [7, 11) is 0. The number of carboxylic acid groups (broad SMARTS) is 1. The Morgan fingerprint density at radius 3 is 2.57 bits per heavy atom. The molecule has 0 aliphatic heterocycles. The van der Waals surface area contributed by atoms with Gasteiger partial charge >= 0.3 is 5.97 Å². The minimum Gasteiger partial charge on any atom is -0.480 e. The van der Waals surface area contributed by atoms with E-state index in [1.807, 2.05) is 0 Å². The highest BCUT2D eigenvalue weighted by atomic mass is 16.5. The van der Waals surface area contributed by atoms with Crippen molar-refractivity contribution in [3.05, 3.63) is 24.4 Å². The molecule has 9 nitrogen and oxygen atoms in total. The van der Waals surface area contributed by atoms with E-state index >= 15 is 0 Å². The van der Waals surface area contributed by atoms with Crippen molar-refractivity contribution in [2.75, 3.05) is 0 Å². The van der Waals surface area contributed by atoms with Crippen molar-refractivity contribution in [1.29, 1.82) is 0 Å². The minimum absolute atomic E-state index is 0.0494. The number of aliphatic carboxylic acids is 1. The second-order valence-electron chi connectivity index (χ2n) is 5.21. The number of carbonyl (C=O) groups excluding carboxylic acids is 1. The molecule has 0 spiro atoms. The molecule has 122 valence electrons. The molecule has 1 amide bonds. The van der Waals surface area contributed by atoms with E-state index in [0.29, 0.717) is 5.82 Å². The maximum absolute atomic E-state index is 11.8. The monoisotopic (exact) mass is 319 g/mol. The highest BCUT2D eigenvalue weighted by Crippen LogP contribution is 2.10. The van der Waals surface area contributed by atoms with E-state index in [9.17, 15) is 9.59 Å². The van der Waals surface area contributed by atoms with Crippen LogP contribution in [0, 0.1) is 5.92 Å². The highest BCUT2D eigenvalue weighted by molar-refractivity contribution is 5.83. The average molecular weight is 319 g/mol. The number of aryl methyl sites for hydroxylation is 1. The van der Waals surface area contributed by atoms with Crippen molar-refractivity contribution >= 4 is 11.9 Å². The molecule has 2 rings (SSSR count). The van der Waals surface area contributed by atoms with Crippen molar-refractivity contribution in [3.8, 4) is 11.6 Å². The molecular formula is C14H17N5O4. The molecule has 2 N–H and O–H groups in total. The van der Waals surface area contributed by atoms with E-state index in [-0.39, 0.29) is 36.4 Å². The summed E-state index contributed by atoms with van der Waals surface area (Å²) in [5.74, 6) is -0.818. The van der Waals surface area contributed by atoms with Gasteiger partial charge in [-0.3, -0.25) is 4.79 Å². The molecule has 0 fully saturated rings. The molecule has 0 aromatic carbocycles. The van der Waals surface area contributed by atoms with Crippen LogP contribution in [0.5, 0.6) is 0 Å². The van der Waals surface area contributed by atoms with Gasteiger partial charge in [0.1, 0.15) is 6.04 Å². The molecule has 2 aromatic heterocycles. The predicted molar refractivity (Wildman–Crippen MR) is 78.0 cm³/mol. The van der Waals surface area contributed by atoms with E-state index in [4.69, 9.17) is 9.63 Å². The first-order chi connectivity index (χ1) is 11.0. The van der Waals surface area contributed by atoms with Crippen molar-refractivity contribution < 1.29 is 19.2 Å². The van der Waals surface area contributed by atoms with E-state index in [1.54, 1.807) is 32.3 Å². The quantitative estimate of drug-likeness (QED) is 0.761. The van der Waals surface area contributed by atoms with Crippen LogP contribution in [0.25, 0.3) is 11.6 Å². The number of hydrogen-bond acceptors (Lipinski definition) is 7. The standard InChI is InChI=1S/C14H17N5O4/c1-8(2)11(14(21)22)17-9(20)4-5-10-18-13(19-23-10)12-15-6-3-7-16-12/h3,6-8,11H,4-5H2,1-2H3,(H,17,20)(H,21,22)/t11-/m0/s1. The summed E-state index contributed by atoms with van der Waals surface area (Å²) < 4.78 is 5.03. The highest BCUT2D eigenvalue weighted by Gasteiger charge is 2.23. The zero-order chi connectivity index (χ0) is 16.8. The van der Waals surface area contributed by atoms with E-state index in [0.717, 1.165) is 0 Å². The van der Waals surface area contributed by atoms with Crippen LogP contribution in [0.1, 0.15) is 26.2 Å². The fourth-order valence-corrected chi connectivity index (χ4v) is 1.84. The molecule has 2 heterocycles. The Balaban J connectivity index is 1.90. The van der Waals surface area contributed by atoms with E-state index < -0.39 is 12.0 Å². The van der Waals surface area contributed by atoms with Crippen molar-refractivity contribution in [3.63, 3.8) is 0 Å². The van der Waals surface area contributed by atoms with Gasteiger partial charge in [-0.2, -0.15) is 4.98 Å². The van der Waals surface area contributed by atoms with Crippen LogP contribution >= 0.6 is 0 Å². The summed E-state index contributed by atoms with van der Waals surface area (Å²) in [5.41, 5.74) is 0. The molecule has 0 saturated carbocycles. The molecule has 2 aromatic rings. The Bertz CT molecular complexity index is 671. The molecule has 0 aliphatic carbocycles. The number of aromatic nitrogens is 4. The van der Waals surface area contributed by atoms with Crippen LogP contribution in [0.3, 0.4) is 0 Å².